The molecule has 0 aliphatic heterocycles. The lowest BCUT2D eigenvalue weighted by molar-refractivity contribution is -0.126. The number of halogens is 1. The molecule has 1 N–H and O–H groups in total. The molecule has 1 unspecified atom stereocenters. The molecule has 90 valence electrons. The third-order valence-electron chi connectivity index (χ3n) is 2.60. The van der Waals surface area contributed by atoms with Gasteiger partial charge in [-0.3, -0.25) is 9.48 Å². The number of ketones is 1. The van der Waals surface area contributed by atoms with Gasteiger partial charge in [0.25, 0.3) is 0 Å². The quantitative estimate of drug-likeness (QED) is 0.855. The summed E-state index contributed by atoms with van der Waals surface area (Å²) in [5, 5.41) is 14.2. The SMILES string of the molecule is CCc1nn(C)c(CC(=O)C(O)CC)c1Cl. The first-order valence-corrected chi connectivity index (χ1v) is 5.80. The van der Waals surface area contributed by atoms with Crippen molar-refractivity contribution in [2.75, 3.05) is 0 Å². The van der Waals surface area contributed by atoms with E-state index in [0.29, 0.717) is 17.1 Å². The highest BCUT2D eigenvalue weighted by Gasteiger charge is 2.19. The molecule has 0 aromatic carbocycles. The Morgan fingerprint density at radius 2 is 2.19 bits per heavy atom. The number of aromatic nitrogens is 2. The summed E-state index contributed by atoms with van der Waals surface area (Å²) < 4.78 is 1.61. The first kappa shape index (κ1) is 13.2. The minimum atomic E-state index is -0.906. The monoisotopic (exact) mass is 244 g/mol. The number of hydrogen-bond donors (Lipinski definition) is 1. The smallest absolute Gasteiger partial charge is 0.167 e. The van der Waals surface area contributed by atoms with Crippen LogP contribution in [0.25, 0.3) is 0 Å². The minimum absolute atomic E-state index is 0.136. The summed E-state index contributed by atoms with van der Waals surface area (Å²) >= 11 is 6.10. The Morgan fingerprint density at radius 1 is 1.56 bits per heavy atom. The largest absolute Gasteiger partial charge is 0.385 e. The lowest BCUT2D eigenvalue weighted by Crippen LogP contribution is -2.22. The van der Waals surface area contributed by atoms with E-state index in [2.05, 4.69) is 5.10 Å². The fourth-order valence-corrected chi connectivity index (χ4v) is 1.88. The van der Waals surface area contributed by atoms with Crippen LogP contribution in [-0.2, 0) is 24.7 Å². The van der Waals surface area contributed by atoms with E-state index in [0.717, 1.165) is 12.1 Å². The molecule has 0 aliphatic carbocycles. The number of rotatable bonds is 5. The molecule has 1 atom stereocenters. The number of nitrogens with zero attached hydrogens (tertiary/aromatic N) is 2. The maximum Gasteiger partial charge on any atom is 0.167 e. The van der Waals surface area contributed by atoms with Crippen LogP contribution in [0, 0.1) is 0 Å². The molecule has 0 bridgehead atoms. The average molecular weight is 245 g/mol. The van der Waals surface area contributed by atoms with E-state index in [9.17, 15) is 9.90 Å². The summed E-state index contributed by atoms with van der Waals surface area (Å²) in [5.74, 6) is -0.213. The zero-order valence-corrected chi connectivity index (χ0v) is 10.6. The van der Waals surface area contributed by atoms with Gasteiger partial charge in [-0.2, -0.15) is 5.10 Å². The van der Waals surface area contributed by atoms with Crippen molar-refractivity contribution in [3.8, 4) is 0 Å². The molecule has 0 spiro atoms. The molecule has 1 heterocycles. The van der Waals surface area contributed by atoms with Gasteiger partial charge in [0.15, 0.2) is 5.78 Å². The predicted molar refractivity (Wildman–Crippen MR) is 62.6 cm³/mol. The summed E-state index contributed by atoms with van der Waals surface area (Å²) in [7, 11) is 1.76. The van der Waals surface area contributed by atoms with Gasteiger partial charge in [0, 0.05) is 7.05 Å². The fraction of sp³-hybridized carbons (Fsp3) is 0.636. The van der Waals surface area contributed by atoms with Crippen molar-refractivity contribution in [1.82, 2.24) is 9.78 Å². The van der Waals surface area contributed by atoms with Crippen LogP contribution in [0.4, 0.5) is 0 Å². The summed E-state index contributed by atoms with van der Waals surface area (Å²) in [6.45, 7) is 3.73. The minimum Gasteiger partial charge on any atom is -0.385 e. The van der Waals surface area contributed by atoms with E-state index >= 15 is 0 Å². The molecule has 1 aromatic heterocycles. The Morgan fingerprint density at radius 3 is 2.62 bits per heavy atom. The van der Waals surface area contributed by atoms with Crippen LogP contribution in [0.1, 0.15) is 31.7 Å². The molecule has 16 heavy (non-hydrogen) atoms. The van der Waals surface area contributed by atoms with Gasteiger partial charge in [-0.05, 0) is 12.8 Å². The summed E-state index contributed by atoms with van der Waals surface area (Å²) in [5.41, 5.74) is 1.47. The normalized spacial score (nSPS) is 12.8. The molecule has 0 saturated carbocycles. The summed E-state index contributed by atoms with van der Waals surface area (Å²) in [6.07, 6.45) is 0.389. The summed E-state index contributed by atoms with van der Waals surface area (Å²) in [4.78, 5) is 11.6. The lowest BCUT2D eigenvalue weighted by Gasteiger charge is -2.06. The van der Waals surface area contributed by atoms with E-state index in [4.69, 9.17) is 11.6 Å². The number of carbonyl (C=O) groups excluding carboxylic acids is 1. The molecule has 0 saturated heterocycles. The van der Waals surface area contributed by atoms with Crippen molar-refractivity contribution in [1.29, 1.82) is 0 Å². The Labute approximate surface area is 100 Å². The topological polar surface area (TPSA) is 55.1 Å². The van der Waals surface area contributed by atoms with Gasteiger partial charge in [0.2, 0.25) is 0 Å². The Bertz CT molecular complexity index is 388. The van der Waals surface area contributed by atoms with Gasteiger partial charge < -0.3 is 5.11 Å². The maximum absolute atomic E-state index is 11.6. The number of Topliss-reactive ketones (excluding diaryl/α,β-unsaturated/α-hetero) is 1. The van der Waals surface area contributed by atoms with Crippen molar-refractivity contribution in [3.63, 3.8) is 0 Å². The van der Waals surface area contributed by atoms with Gasteiger partial charge in [-0.15, -0.1) is 0 Å². The van der Waals surface area contributed by atoms with Crippen LogP contribution in [0.5, 0.6) is 0 Å². The van der Waals surface area contributed by atoms with Crippen LogP contribution in [0.2, 0.25) is 5.02 Å². The first-order chi connectivity index (χ1) is 7.51. The van der Waals surface area contributed by atoms with Gasteiger partial charge in [0.05, 0.1) is 22.8 Å². The molecular formula is C11H17ClN2O2. The first-order valence-electron chi connectivity index (χ1n) is 5.42. The number of hydrogen-bond acceptors (Lipinski definition) is 3. The Kier molecular flexibility index (Phi) is 4.50. The van der Waals surface area contributed by atoms with E-state index in [1.54, 1.807) is 18.7 Å². The third-order valence-corrected chi connectivity index (χ3v) is 3.04. The van der Waals surface area contributed by atoms with Crippen LogP contribution >= 0.6 is 11.6 Å². The van der Waals surface area contributed by atoms with Gasteiger partial charge in [-0.25, -0.2) is 0 Å². The highest BCUT2D eigenvalue weighted by Crippen LogP contribution is 2.21. The Balaban J connectivity index is 2.89. The molecular weight excluding hydrogens is 228 g/mol. The lowest BCUT2D eigenvalue weighted by atomic mass is 10.1. The van der Waals surface area contributed by atoms with Crippen LogP contribution in [-0.4, -0.2) is 26.8 Å². The fourth-order valence-electron chi connectivity index (χ4n) is 1.52. The van der Waals surface area contributed by atoms with E-state index in [1.165, 1.54) is 0 Å². The van der Waals surface area contributed by atoms with Gasteiger partial charge >= 0.3 is 0 Å². The van der Waals surface area contributed by atoms with Crippen LogP contribution < -0.4 is 0 Å². The van der Waals surface area contributed by atoms with Gasteiger partial charge in [0.1, 0.15) is 6.10 Å². The molecule has 5 heteroatoms. The molecule has 1 aromatic rings. The number of aliphatic hydroxyl groups is 1. The van der Waals surface area contributed by atoms with Crippen LogP contribution in [0.3, 0.4) is 0 Å². The second-order valence-corrected chi connectivity index (χ2v) is 4.13. The van der Waals surface area contributed by atoms with Crippen molar-refractivity contribution in [2.24, 2.45) is 7.05 Å². The number of aliphatic hydroxyl groups excluding tert-OH is 1. The van der Waals surface area contributed by atoms with Crippen molar-refractivity contribution in [2.45, 2.75) is 39.2 Å². The Hall–Kier alpha value is -0.870. The second kappa shape index (κ2) is 5.46. The van der Waals surface area contributed by atoms with Crippen molar-refractivity contribution >= 4 is 17.4 Å². The van der Waals surface area contributed by atoms with E-state index in [1.807, 2.05) is 6.92 Å². The van der Waals surface area contributed by atoms with Crippen LogP contribution in [0.15, 0.2) is 0 Å². The van der Waals surface area contributed by atoms with Crippen molar-refractivity contribution in [3.05, 3.63) is 16.4 Å². The standard InChI is InChI=1S/C11H17ClN2O2/c1-4-7-11(12)8(14(3)13-7)6-10(16)9(15)5-2/h9,15H,4-6H2,1-3H3. The van der Waals surface area contributed by atoms with E-state index in [-0.39, 0.29) is 12.2 Å². The molecule has 0 amide bonds. The molecule has 1 rings (SSSR count). The molecule has 0 fully saturated rings. The molecule has 0 radical (unpaired) electrons. The molecule has 4 nitrogen and oxygen atoms in total. The van der Waals surface area contributed by atoms with Crippen molar-refractivity contribution < 1.29 is 9.90 Å². The highest BCUT2D eigenvalue weighted by molar-refractivity contribution is 6.32. The summed E-state index contributed by atoms with van der Waals surface area (Å²) in [6, 6.07) is 0. The predicted octanol–water partition coefficient (Wildman–Crippen LogP) is 1.52. The third kappa shape index (κ3) is 2.62. The van der Waals surface area contributed by atoms with E-state index < -0.39 is 6.10 Å². The highest BCUT2D eigenvalue weighted by atomic mass is 35.5. The number of aryl methyl sites for hydroxylation is 2. The average Bonchev–Trinajstić information content (AvgIpc) is 2.55. The zero-order chi connectivity index (χ0) is 12.3. The zero-order valence-electron chi connectivity index (χ0n) is 9.83. The molecule has 0 aliphatic rings. The second-order valence-electron chi connectivity index (χ2n) is 3.75. The number of carbonyl (C=O) groups is 1. The van der Waals surface area contributed by atoms with Gasteiger partial charge in [-0.1, -0.05) is 25.4 Å². The maximum atomic E-state index is 11.6.